The quantitative estimate of drug-likeness (QED) is 0.690. The van der Waals surface area contributed by atoms with Crippen molar-refractivity contribution in [2.45, 2.75) is 72.0 Å². The minimum absolute atomic E-state index is 0.0394. The van der Waals surface area contributed by atoms with Crippen LogP contribution in [0.15, 0.2) is 22.8 Å². The summed E-state index contributed by atoms with van der Waals surface area (Å²) >= 11 is 6.75. The molecule has 3 unspecified atom stereocenters. The van der Waals surface area contributed by atoms with Crippen molar-refractivity contribution in [1.29, 1.82) is 0 Å². The van der Waals surface area contributed by atoms with Gasteiger partial charge in [-0.2, -0.15) is 0 Å². The van der Waals surface area contributed by atoms with Crippen LogP contribution in [0.1, 0.15) is 59.8 Å². The van der Waals surface area contributed by atoms with E-state index in [4.69, 9.17) is 16.3 Å². The molecule has 0 aliphatic heterocycles. The first-order valence-corrected chi connectivity index (χ1v) is 10.9. The highest BCUT2D eigenvalue weighted by Gasteiger charge is 2.63. The fraction of sp³-hybridized carbons (Fsp3) is 0.739. The molecular formula is C23H31ClO4. The lowest BCUT2D eigenvalue weighted by Gasteiger charge is -2.56. The average molecular weight is 407 g/mol. The fourth-order valence-corrected chi connectivity index (χ4v) is 7.69. The van der Waals surface area contributed by atoms with E-state index < -0.39 is 6.10 Å². The van der Waals surface area contributed by atoms with Crippen LogP contribution in [0, 0.1) is 34.5 Å². The van der Waals surface area contributed by atoms with Gasteiger partial charge in [0, 0.05) is 12.0 Å². The summed E-state index contributed by atoms with van der Waals surface area (Å²) in [7, 11) is 0. The summed E-state index contributed by atoms with van der Waals surface area (Å²) in [4.78, 5) is 24.3. The van der Waals surface area contributed by atoms with E-state index in [0.717, 1.165) is 42.7 Å². The van der Waals surface area contributed by atoms with Gasteiger partial charge in [0.25, 0.3) is 0 Å². The summed E-state index contributed by atoms with van der Waals surface area (Å²) in [6.07, 6.45) is 7.76. The molecule has 0 aromatic rings. The Morgan fingerprint density at radius 1 is 1.14 bits per heavy atom. The molecule has 8 atom stereocenters. The van der Waals surface area contributed by atoms with Crippen molar-refractivity contribution in [2.75, 3.05) is 0 Å². The van der Waals surface area contributed by atoms with Gasteiger partial charge in [-0.15, -0.1) is 0 Å². The summed E-state index contributed by atoms with van der Waals surface area (Å²) < 4.78 is 5.64. The van der Waals surface area contributed by atoms with Crippen molar-refractivity contribution >= 4 is 23.4 Å². The SMILES string of the molecule is CC(=O)O[C@@H]1CC2C3C=C(Cl)C4=C[C@@H](O)CC[C@]4(C)C3CC[C@]2(C)[C@H]1C(C)=O. The Balaban J connectivity index is 1.76. The van der Waals surface area contributed by atoms with Crippen molar-refractivity contribution in [2.24, 2.45) is 34.5 Å². The minimum Gasteiger partial charge on any atom is -0.462 e. The number of hydrogen-bond acceptors (Lipinski definition) is 4. The molecule has 154 valence electrons. The first-order valence-electron chi connectivity index (χ1n) is 10.5. The lowest BCUT2D eigenvalue weighted by Crippen LogP contribution is -2.50. The highest BCUT2D eigenvalue weighted by molar-refractivity contribution is 6.32. The first kappa shape index (κ1) is 20.2. The predicted octanol–water partition coefficient (Wildman–Crippen LogP) is 4.40. The van der Waals surface area contributed by atoms with Crippen LogP contribution < -0.4 is 0 Å². The van der Waals surface area contributed by atoms with Crippen LogP contribution in [0.4, 0.5) is 0 Å². The van der Waals surface area contributed by atoms with E-state index in [1.165, 1.54) is 6.92 Å². The maximum Gasteiger partial charge on any atom is 0.302 e. The molecule has 0 spiro atoms. The number of esters is 1. The maximum atomic E-state index is 12.6. The van der Waals surface area contributed by atoms with E-state index in [2.05, 4.69) is 19.9 Å². The maximum absolute atomic E-state index is 12.6. The van der Waals surface area contributed by atoms with Gasteiger partial charge in [-0.1, -0.05) is 37.6 Å². The molecule has 28 heavy (non-hydrogen) atoms. The topological polar surface area (TPSA) is 63.6 Å². The highest BCUT2D eigenvalue weighted by Crippen LogP contribution is 2.66. The number of Topliss-reactive ketones (excluding diaryl/α,β-unsaturated/α-hetero) is 1. The number of allylic oxidation sites excluding steroid dienone is 3. The van der Waals surface area contributed by atoms with Gasteiger partial charge in [-0.3, -0.25) is 9.59 Å². The van der Waals surface area contributed by atoms with E-state index in [0.29, 0.717) is 5.92 Å². The molecular weight excluding hydrogens is 376 g/mol. The van der Waals surface area contributed by atoms with Crippen LogP contribution >= 0.6 is 11.6 Å². The summed E-state index contributed by atoms with van der Waals surface area (Å²) in [6.45, 7) is 7.56. The normalized spacial score (nSPS) is 47.2. The number of halogens is 1. The van der Waals surface area contributed by atoms with Crippen LogP contribution in [-0.4, -0.2) is 29.1 Å². The molecule has 2 fully saturated rings. The van der Waals surface area contributed by atoms with Crippen LogP contribution in [0.3, 0.4) is 0 Å². The van der Waals surface area contributed by atoms with Crippen molar-refractivity contribution < 1.29 is 19.4 Å². The van der Waals surface area contributed by atoms with Crippen molar-refractivity contribution in [3.63, 3.8) is 0 Å². The van der Waals surface area contributed by atoms with E-state index >= 15 is 0 Å². The number of aliphatic hydroxyl groups is 1. The third-order valence-electron chi connectivity index (χ3n) is 8.44. The Morgan fingerprint density at radius 2 is 1.86 bits per heavy atom. The molecule has 4 rings (SSSR count). The molecule has 0 aromatic heterocycles. The van der Waals surface area contributed by atoms with Gasteiger partial charge in [-0.05, 0) is 73.2 Å². The zero-order valence-electron chi connectivity index (χ0n) is 17.2. The second kappa shape index (κ2) is 6.70. The van der Waals surface area contributed by atoms with Crippen molar-refractivity contribution in [3.05, 3.63) is 22.8 Å². The largest absolute Gasteiger partial charge is 0.462 e. The number of aliphatic hydroxyl groups excluding tert-OH is 1. The smallest absolute Gasteiger partial charge is 0.302 e. The van der Waals surface area contributed by atoms with Gasteiger partial charge < -0.3 is 9.84 Å². The number of hydrogen-bond donors (Lipinski definition) is 1. The number of fused-ring (bicyclic) bond motifs is 5. The zero-order chi connectivity index (χ0) is 20.4. The lowest BCUT2D eigenvalue weighted by molar-refractivity contribution is -0.151. The molecule has 0 heterocycles. The summed E-state index contributed by atoms with van der Waals surface area (Å²) in [5.41, 5.74) is 0.880. The Bertz CT molecular complexity index is 771. The van der Waals surface area contributed by atoms with E-state index in [-0.39, 0.29) is 46.4 Å². The zero-order valence-corrected chi connectivity index (χ0v) is 18.0. The van der Waals surface area contributed by atoms with Crippen LogP contribution in [-0.2, 0) is 14.3 Å². The van der Waals surface area contributed by atoms with Gasteiger partial charge in [0.2, 0.25) is 0 Å². The van der Waals surface area contributed by atoms with Crippen LogP contribution in [0.25, 0.3) is 0 Å². The summed E-state index contributed by atoms with van der Waals surface area (Å²) in [5.74, 6) is 0.538. The van der Waals surface area contributed by atoms with Crippen molar-refractivity contribution in [1.82, 2.24) is 0 Å². The van der Waals surface area contributed by atoms with Crippen molar-refractivity contribution in [3.8, 4) is 0 Å². The van der Waals surface area contributed by atoms with E-state index in [1.54, 1.807) is 6.92 Å². The second-order valence-corrected chi connectivity index (χ2v) is 10.3. The Hall–Kier alpha value is -1.13. The van der Waals surface area contributed by atoms with Gasteiger partial charge >= 0.3 is 5.97 Å². The van der Waals surface area contributed by atoms with Crippen LogP contribution in [0.2, 0.25) is 0 Å². The predicted molar refractivity (Wildman–Crippen MR) is 108 cm³/mol. The molecule has 0 amide bonds. The number of rotatable bonds is 2. The van der Waals surface area contributed by atoms with Crippen LogP contribution in [0.5, 0.6) is 0 Å². The highest BCUT2D eigenvalue weighted by atomic mass is 35.5. The second-order valence-electron chi connectivity index (χ2n) is 9.93. The Morgan fingerprint density at radius 3 is 2.50 bits per heavy atom. The Labute approximate surface area is 172 Å². The van der Waals surface area contributed by atoms with Gasteiger partial charge in [0.1, 0.15) is 11.9 Å². The van der Waals surface area contributed by atoms with E-state index in [1.807, 2.05) is 6.08 Å². The molecule has 4 aliphatic rings. The molecule has 4 aliphatic carbocycles. The molecule has 0 aromatic carbocycles. The molecule has 2 saturated carbocycles. The summed E-state index contributed by atoms with van der Waals surface area (Å²) in [6, 6.07) is 0. The molecule has 1 N–H and O–H groups in total. The monoisotopic (exact) mass is 406 g/mol. The molecule has 0 saturated heterocycles. The fourth-order valence-electron chi connectivity index (χ4n) is 7.26. The number of ketones is 1. The van der Waals surface area contributed by atoms with Gasteiger partial charge in [0.05, 0.1) is 12.0 Å². The number of ether oxygens (including phenoxy) is 1. The van der Waals surface area contributed by atoms with Gasteiger partial charge in [0.15, 0.2) is 0 Å². The Kier molecular flexibility index (Phi) is 4.82. The first-order chi connectivity index (χ1) is 13.1. The minimum atomic E-state index is -0.419. The molecule has 4 nitrogen and oxygen atoms in total. The summed E-state index contributed by atoms with van der Waals surface area (Å²) in [5, 5.41) is 10.9. The molecule has 5 heteroatoms. The molecule has 0 radical (unpaired) electrons. The number of carbonyl (C=O) groups excluding carboxylic acids is 2. The third-order valence-corrected chi connectivity index (χ3v) is 8.77. The average Bonchev–Trinajstić information content (AvgIpc) is 2.88. The standard InChI is InChI=1S/C23H31ClO4/c1-12(25)21-20(28-13(2)26)11-17-15-10-19(24)18-9-14(27)5-7-22(18,3)16(15)6-8-23(17,21)4/h9-10,14-17,20-21,27H,5-8,11H2,1-4H3/t14-,15?,16?,17?,20+,21-,22+,23-/m0/s1. The van der Waals surface area contributed by atoms with E-state index in [9.17, 15) is 14.7 Å². The molecule has 0 bridgehead atoms. The third kappa shape index (κ3) is 2.82. The number of carbonyl (C=O) groups is 2. The van der Waals surface area contributed by atoms with Gasteiger partial charge in [-0.25, -0.2) is 0 Å². The lowest BCUT2D eigenvalue weighted by atomic mass is 9.48.